The maximum atomic E-state index is 12.5. The Morgan fingerprint density at radius 3 is 2.60 bits per heavy atom. The molecule has 1 fully saturated rings. The third-order valence-corrected chi connectivity index (χ3v) is 5.76. The summed E-state index contributed by atoms with van der Waals surface area (Å²) in [6.45, 7) is 1.94. The molecule has 0 saturated carbocycles. The highest BCUT2D eigenvalue weighted by Gasteiger charge is 2.31. The molecule has 12 nitrogen and oxygen atoms in total. The topological polar surface area (TPSA) is 136 Å². The van der Waals surface area contributed by atoms with Crippen LogP contribution in [0.25, 0.3) is 0 Å². The number of benzene rings is 1. The minimum absolute atomic E-state index is 0.135. The van der Waals surface area contributed by atoms with E-state index in [4.69, 9.17) is 13.9 Å². The Bertz CT molecular complexity index is 1180. The number of nitrogens with zero attached hydrogens (tertiary/aromatic N) is 5. The number of furan rings is 1. The summed E-state index contributed by atoms with van der Waals surface area (Å²) in [4.78, 5) is 35.8. The summed E-state index contributed by atoms with van der Waals surface area (Å²) in [5, 5.41) is 15.0. The van der Waals surface area contributed by atoms with Crippen molar-refractivity contribution in [2.45, 2.75) is 6.42 Å². The normalized spacial score (nSPS) is 13.4. The van der Waals surface area contributed by atoms with Gasteiger partial charge in [-0.25, -0.2) is 9.97 Å². The van der Waals surface area contributed by atoms with Crippen LogP contribution in [0.15, 0.2) is 47.3 Å². The van der Waals surface area contributed by atoms with Crippen LogP contribution in [0, 0.1) is 10.1 Å². The Morgan fingerprint density at radius 2 is 1.94 bits per heavy atom. The second kappa shape index (κ2) is 10.7. The smallest absolute Gasteiger partial charge is 0.353 e. The molecule has 1 amide bonds. The van der Waals surface area contributed by atoms with Crippen LogP contribution in [0.2, 0.25) is 0 Å². The summed E-state index contributed by atoms with van der Waals surface area (Å²) < 4.78 is 16.0. The van der Waals surface area contributed by atoms with Gasteiger partial charge in [-0.3, -0.25) is 14.9 Å². The molecule has 0 atom stereocenters. The van der Waals surface area contributed by atoms with Crippen molar-refractivity contribution in [3.8, 4) is 11.5 Å². The predicted molar refractivity (Wildman–Crippen MR) is 127 cm³/mol. The molecule has 35 heavy (non-hydrogen) atoms. The number of nitrogens with one attached hydrogen (secondary N) is 1. The average molecular weight is 482 g/mol. The molecule has 1 aromatic carbocycles. The number of ether oxygens (including phenoxy) is 2. The van der Waals surface area contributed by atoms with Crippen molar-refractivity contribution in [1.29, 1.82) is 0 Å². The van der Waals surface area contributed by atoms with Gasteiger partial charge < -0.3 is 29.0 Å². The third-order valence-electron chi connectivity index (χ3n) is 5.76. The van der Waals surface area contributed by atoms with E-state index in [-0.39, 0.29) is 29.0 Å². The second-order valence-electron chi connectivity index (χ2n) is 7.74. The average Bonchev–Trinajstić information content (AvgIpc) is 3.43. The lowest BCUT2D eigenvalue weighted by molar-refractivity contribution is -0.383. The van der Waals surface area contributed by atoms with E-state index >= 15 is 0 Å². The number of carbonyl (C=O) groups excluding carboxylic acids is 1. The summed E-state index contributed by atoms with van der Waals surface area (Å²) in [6, 6.07) is 8.85. The van der Waals surface area contributed by atoms with E-state index in [2.05, 4.69) is 15.3 Å². The van der Waals surface area contributed by atoms with Gasteiger partial charge in [0.15, 0.2) is 17.3 Å². The summed E-state index contributed by atoms with van der Waals surface area (Å²) in [6.07, 6.45) is 3.29. The molecule has 1 aliphatic rings. The zero-order valence-corrected chi connectivity index (χ0v) is 19.5. The zero-order valence-electron chi connectivity index (χ0n) is 19.5. The van der Waals surface area contributed by atoms with Gasteiger partial charge in [-0.15, -0.1) is 0 Å². The quantitative estimate of drug-likeness (QED) is 0.358. The summed E-state index contributed by atoms with van der Waals surface area (Å²) in [5.74, 6) is 1.65. The van der Waals surface area contributed by atoms with Crippen LogP contribution in [0.1, 0.15) is 16.1 Å². The molecule has 0 unspecified atom stereocenters. The van der Waals surface area contributed by atoms with Gasteiger partial charge >= 0.3 is 5.69 Å². The van der Waals surface area contributed by atoms with Crippen molar-refractivity contribution in [1.82, 2.24) is 14.9 Å². The lowest BCUT2D eigenvalue weighted by Crippen LogP contribution is -2.49. The number of nitro groups is 1. The largest absolute Gasteiger partial charge is 0.493 e. The minimum atomic E-state index is -0.482. The van der Waals surface area contributed by atoms with Gasteiger partial charge in [0.2, 0.25) is 11.6 Å². The number of anilines is 2. The highest BCUT2D eigenvalue weighted by molar-refractivity contribution is 5.91. The number of amides is 1. The van der Waals surface area contributed by atoms with Crippen LogP contribution in [0.5, 0.6) is 11.5 Å². The van der Waals surface area contributed by atoms with Crippen molar-refractivity contribution in [2.24, 2.45) is 0 Å². The van der Waals surface area contributed by atoms with Crippen molar-refractivity contribution >= 4 is 23.2 Å². The van der Waals surface area contributed by atoms with E-state index in [9.17, 15) is 14.9 Å². The van der Waals surface area contributed by atoms with E-state index < -0.39 is 4.92 Å². The molecular formula is C23H26N6O6. The van der Waals surface area contributed by atoms with E-state index in [0.717, 1.165) is 5.56 Å². The number of hydrogen-bond acceptors (Lipinski definition) is 10. The van der Waals surface area contributed by atoms with Crippen molar-refractivity contribution in [3.05, 3.63) is 64.4 Å². The fourth-order valence-corrected chi connectivity index (χ4v) is 4.04. The maximum absolute atomic E-state index is 12.5. The van der Waals surface area contributed by atoms with E-state index in [1.807, 2.05) is 12.1 Å². The molecule has 3 aromatic rings. The Labute approximate surface area is 201 Å². The van der Waals surface area contributed by atoms with Gasteiger partial charge in [0.05, 0.1) is 25.4 Å². The third kappa shape index (κ3) is 5.10. The van der Waals surface area contributed by atoms with Crippen molar-refractivity contribution in [3.63, 3.8) is 0 Å². The molecule has 0 bridgehead atoms. The molecule has 0 spiro atoms. The highest BCUT2D eigenvalue weighted by atomic mass is 16.6. The number of piperazine rings is 1. The zero-order chi connectivity index (χ0) is 24.8. The summed E-state index contributed by atoms with van der Waals surface area (Å²) in [5.41, 5.74) is 0.699. The molecule has 3 heterocycles. The lowest BCUT2D eigenvalue weighted by Gasteiger charge is -2.34. The second-order valence-corrected chi connectivity index (χ2v) is 7.74. The Morgan fingerprint density at radius 1 is 1.14 bits per heavy atom. The number of hydrogen-bond donors (Lipinski definition) is 1. The first kappa shape index (κ1) is 23.8. The number of carbonyl (C=O) groups is 1. The molecular weight excluding hydrogens is 456 g/mol. The number of para-hydroxylation sites is 1. The van der Waals surface area contributed by atoms with Gasteiger partial charge in [-0.1, -0.05) is 12.1 Å². The van der Waals surface area contributed by atoms with Gasteiger partial charge in [0.1, 0.15) is 6.33 Å². The maximum Gasteiger partial charge on any atom is 0.353 e. The van der Waals surface area contributed by atoms with Crippen LogP contribution in [-0.2, 0) is 6.42 Å². The Hall–Kier alpha value is -4.35. The molecule has 12 heteroatoms. The van der Waals surface area contributed by atoms with Gasteiger partial charge in [0.25, 0.3) is 5.91 Å². The molecule has 2 aromatic heterocycles. The molecule has 1 aliphatic heterocycles. The minimum Gasteiger partial charge on any atom is -0.493 e. The molecule has 0 radical (unpaired) electrons. The van der Waals surface area contributed by atoms with Gasteiger partial charge in [-0.2, -0.15) is 0 Å². The molecule has 1 N–H and O–H groups in total. The van der Waals surface area contributed by atoms with E-state index in [1.165, 1.54) is 12.6 Å². The monoisotopic (exact) mass is 482 g/mol. The number of aromatic nitrogens is 2. The molecule has 1 saturated heterocycles. The van der Waals surface area contributed by atoms with Crippen molar-refractivity contribution < 1.29 is 23.6 Å². The predicted octanol–water partition coefficient (Wildman–Crippen LogP) is 2.61. The first-order valence-electron chi connectivity index (χ1n) is 11.0. The summed E-state index contributed by atoms with van der Waals surface area (Å²) >= 11 is 0. The lowest BCUT2D eigenvalue weighted by atomic mass is 10.1. The molecule has 0 aliphatic carbocycles. The highest BCUT2D eigenvalue weighted by Crippen LogP contribution is 2.33. The molecule has 4 rings (SSSR count). The Kier molecular flexibility index (Phi) is 7.29. The van der Waals surface area contributed by atoms with E-state index in [0.29, 0.717) is 50.6 Å². The first-order chi connectivity index (χ1) is 17.0. The van der Waals surface area contributed by atoms with E-state index in [1.54, 1.807) is 42.2 Å². The fraction of sp³-hybridized carbons (Fsp3) is 0.348. The first-order valence-corrected chi connectivity index (χ1v) is 11.0. The van der Waals surface area contributed by atoms with Crippen LogP contribution < -0.4 is 19.7 Å². The summed E-state index contributed by atoms with van der Waals surface area (Å²) in [7, 11) is 3.14. The van der Waals surface area contributed by atoms with Crippen LogP contribution in [0.4, 0.5) is 17.3 Å². The van der Waals surface area contributed by atoms with Crippen LogP contribution in [0.3, 0.4) is 0 Å². The standard InChI is InChI=1S/C23H26N6O6/c1-33-17-6-3-5-16(20(17)34-2)8-9-24-21-19(29(31)32)22(26-15-25-21)27-10-12-28(13-11-27)23(30)18-7-4-14-35-18/h3-7,14-15H,8-13H2,1-2H3,(H,24,25,26). The molecule has 184 valence electrons. The van der Waals surface area contributed by atoms with Crippen LogP contribution >= 0.6 is 0 Å². The number of rotatable bonds is 9. The SMILES string of the molecule is COc1cccc(CCNc2ncnc(N3CCN(C(=O)c4ccco4)CC3)c2[N+](=O)[O-])c1OC. The van der Waals surface area contributed by atoms with Gasteiger partial charge in [0, 0.05) is 32.7 Å². The number of methoxy groups -OCH3 is 2. The van der Waals surface area contributed by atoms with Crippen molar-refractivity contribution in [2.75, 3.05) is 57.2 Å². The van der Waals surface area contributed by atoms with Gasteiger partial charge in [-0.05, 0) is 30.2 Å². The van der Waals surface area contributed by atoms with Crippen LogP contribution in [-0.4, -0.2) is 72.6 Å². The fourth-order valence-electron chi connectivity index (χ4n) is 4.04. The Balaban J connectivity index is 1.45.